The Morgan fingerprint density at radius 2 is 1.71 bits per heavy atom. The molecule has 1 saturated carbocycles. The van der Waals surface area contributed by atoms with Crippen LogP contribution in [-0.2, 0) is 0 Å². The second-order valence-corrected chi connectivity index (χ2v) is 6.21. The summed E-state index contributed by atoms with van der Waals surface area (Å²) in [6, 6.07) is 0.722. The largest absolute Gasteiger partial charge is 0.300 e. The molecule has 0 saturated heterocycles. The van der Waals surface area contributed by atoms with Crippen molar-refractivity contribution in [2.45, 2.75) is 71.8 Å². The van der Waals surface area contributed by atoms with Crippen LogP contribution < -0.4 is 0 Å². The van der Waals surface area contributed by atoms with Gasteiger partial charge >= 0.3 is 0 Å². The number of hydrogen-bond donors (Lipinski definition) is 1. The molecule has 0 bridgehead atoms. The minimum absolute atomic E-state index is 0.499. The zero-order valence-corrected chi connectivity index (χ0v) is 12.9. The number of nitrogens with zero attached hydrogens (tertiary/aromatic N) is 1. The predicted molar refractivity (Wildman–Crippen MR) is 81.0 cm³/mol. The monoisotopic (exact) mass is 257 g/mol. The predicted octanol–water partition coefficient (Wildman–Crippen LogP) is 4.38. The van der Waals surface area contributed by atoms with Gasteiger partial charge in [-0.3, -0.25) is 0 Å². The third-order valence-electron chi connectivity index (χ3n) is 4.66. The lowest BCUT2D eigenvalue weighted by Crippen LogP contribution is -2.43. The molecule has 0 aliphatic heterocycles. The average Bonchev–Trinajstić information content (AvgIpc) is 2.61. The maximum atomic E-state index is 4.68. The van der Waals surface area contributed by atoms with E-state index in [2.05, 4.69) is 38.3 Å². The molecule has 0 N–H and O–H groups in total. The van der Waals surface area contributed by atoms with Gasteiger partial charge in [0.2, 0.25) is 0 Å². The van der Waals surface area contributed by atoms with Crippen LogP contribution in [0.25, 0.3) is 0 Å². The second kappa shape index (κ2) is 7.68. The highest BCUT2D eigenvalue weighted by molar-refractivity contribution is 7.80. The van der Waals surface area contributed by atoms with Crippen LogP contribution in [0.15, 0.2) is 0 Å². The van der Waals surface area contributed by atoms with Gasteiger partial charge in [0.15, 0.2) is 0 Å². The molecule has 1 rings (SSSR count). The number of hydrogen-bond acceptors (Lipinski definition) is 2. The Kier molecular flexibility index (Phi) is 6.94. The van der Waals surface area contributed by atoms with Gasteiger partial charge in [-0.25, -0.2) is 0 Å². The molecule has 0 amide bonds. The average molecular weight is 257 g/mol. The van der Waals surface area contributed by atoms with Crippen LogP contribution in [0, 0.1) is 5.41 Å². The van der Waals surface area contributed by atoms with Gasteiger partial charge in [-0.05, 0) is 43.9 Å². The summed E-state index contributed by atoms with van der Waals surface area (Å²) in [4.78, 5) is 2.67. The van der Waals surface area contributed by atoms with E-state index in [9.17, 15) is 0 Å². The van der Waals surface area contributed by atoms with Crippen molar-refractivity contribution in [3.05, 3.63) is 0 Å². The fourth-order valence-corrected chi connectivity index (χ4v) is 3.53. The molecule has 1 nitrogen and oxygen atoms in total. The Morgan fingerprint density at radius 3 is 2.12 bits per heavy atom. The maximum absolute atomic E-state index is 4.68. The smallest absolute Gasteiger partial charge is 0.00644 e. The standard InChI is InChI=1S/C15H31NS/c1-4-14(3)16(5-2)12-15(13-17)10-8-6-7-9-11-15/h14,17H,4-13H2,1-3H3. The van der Waals surface area contributed by atoms with Crippen molar-refractivity contribution in [3.63, 3.8) is 0 Å². The van der Waals surface area contributed by atoms with Crippen LogP contribution >= 0.6 is 12.6 Å². The second-order valence-electron chi connectivity index (χ2n) is 5.89. The van der Waals surface area contributed by atoms with Crippen molar-refractivity contribution >= 4 is 12.6 Å². The minimum Gasteiger partial charge on any atom is -0.300 e. The highest BCUT2D eigenvalue weighted by atomic mass is 32.1. The number of rotatable bonds is 6. The summed E-state index contributed by atoms with van der Waals surface area (Å²) in [5.74, 6) is 1.07. The van der Waals surface area contributed by atoms with Crippen LogP contribution in [0.5, 0.6) is 0 Å². The molecule has 17 heavy (non-hydrogen) atoms. The first kappa shape index (κ1) is 15.4. The summed E-state index contributed by atoms with van der Waals surface area (Å²) in [5.41, 5.74) is 0.499. The van der Waals surface area contributed by atoms with Crippen LogP contribution in [0.2, 0.25) is 0 Å². The Balaban J connectivity index is 2.64. The molecular weight excluding hydrogens is 226 g/mol. The van der Waals surface area contributed by atoms with E-state index in [-0.39, 0.29) is 0 Å². The maximum Gasteiger partial charge on any atom is 0.00644 e. The molecule has 2 heteroatoms. The summed E-state index contributed by atoms with van der Waals surface area (Å²) in [6.45, 7) is 9.42. The van der Waals surface area contributed by atoms with E-state index in [0.29, 0.717) is 5.41 Å². The lowest BCUT2D eigenvalue weighted by Gasteiger charge is -2.39. The van der Waals surface area contributed by atoms with E-state index in [1.807, 2.05) is 0 Å². The molecule has 0 aromatic rings. The zero-order chi connectivity index (χ0) is 12.7. The molecule has 1 aliphatic rings. The van der Waals surface area contributed by atoms with Crippen molar-refractivity contribution in [1.29, 1.82) is 0 Å². The summed E-state index contributed by atoms with van der Waals surface area (Å²) in [7, 11) is 0. The van der Waals surface area contributed by atoms with Gasteiger partial charge in [-0.15, -0.1) is 0 Å². The summed E-state index contributed by atoms with van der Waals surface area (Å²) < 4.78 is 0. The molecule has 0 spiro atoms. The lowest BCUT2D eigenvalue weighted by atomic mass is 9.81. The van der Waals surface area contributed by atoms with Gasteiger partial charge in [0.1, 0.15) is 0 Å². The minimum atomic E-state index is 0.499. The van der Waals surface area contributed by atoms with E-state index in [0.717, 1.165) is 11.8 Å². The first-order valence-corrected chi connectivity index (χ1v) is 8.15. The third kappa shape index (κ3) is 4.48. The van der Waals surface area contributed by atoms with Gasteiger partial charge in [0.05, 0.1) is 0 Å². The van der Waals surface area contributed by atoms with Crippen molar-refractivity contribution in [2.75, 3.05) is 18.8 Å². The summed E-state index contributed by atoms with van der Waals surface area (Å²) in [6.07, 6.45) is 9.75. The highest BCUT2D eigenvalue weighted by Gasteiger charge is 2.32. The Bertz CT molecular complexity index is 197. The van der Waals surface area contributed by atoms with Crippen molar-refractivity contribution in [3.8, 4) is 0 Å². The molecule has 0 aromatic carbocycles. The fourth-order valence-electron chi connectivity index (χ4n) is 3.11. The van der Waals surface area contributed by atoms with E-state index in [1.165, 1.54) is 58.0 Å². The van der Waals surface area contributed by atoms with Crippen LogP contribution in [0.1, 0.15) is 65.7 Å². The van der Waals surface area contributed by atoms with E-state index < -0.39 is 0 Å². The van der Waals surface area contributed by atoms with Gasteiger partial charge in [-0.2, -0.15) is 12.6 Å². The van der Waals surface area contributed by atoms with E-state index >= 15 is 0 Å². The molecule has 1 atom stereocenters. The van der Waals surface area contributed by atoms with Gasteiger partial charge in [0, 0.05) is 12.6 Å². The SMILES string of the molecule is CCC(C)N(CC)CC1(CS)CCCCCC1. The molecule has 102 valence electrons. The molecule has 1 fully saturated rings. The van der Waals surface area contributed by atoms with Crippen molar-refractivity contribution in [1.82, 2.24) is 4.90 Å². The lowest BCUT2D eigenvalue weighted by molar-refractivity contribution is 0.119. The van der Waals surface area contributed by atoms with Crippen LogP contribution in [-0.4, -0.2) is 29.8 Å². The van der Waals surface area contributed by atoms with E-state index in [4.69, 9.17) is 0 Å². The van der Waals surface area contributed by atoms with Crippen LogP contribution in [0.3, 0.4) is 0 Å². The van der Waals surface area contributed by atoms with Crippen molar-refractivity contribution in [2.24, 2.45) is 5.41 Å². The quantitative estimate of drug-likeness (QED) is 0.546. The Labute approximate surface area is 114 Å². The van der Waals surface area contributed by atoms with Crippen molar-refractivity contribution < 1.29 is 0 Å². The first-order valence-electron chi connectivity index (χ1n) is 7.52. The van der Waals surface area contributed by atoms with Crippen LogP contribution in [0.4, 0.5) is 0 Å². The first-order chi connectivity index (χ1) is 8.17. The molecular formula is C15H31NS. The third-order valence-corrected chi connectivity index (χ3v) is 5.33. The molecule has 1 aliphatic carbocycles. The zero-order valence-electron chi connectivity index (χ0n) is 12.0. The Morgan fingerprint density at radius 1 is 1.12 bits per heavy atom. The fraction of sp³-hybridized carbons (Fsp3) is 1.00. The Hall–Kier alpha value is 0.310. The van der Waals surface area contributed by atoms with E-state index in [1.54, 1.807) is 0 Å². The summed E-state index contributed by atoms with van der Waals surface area (Å²) >= 11 is 4.68. The summed E-state index contributed by atoms with van der Waals surface area (Å²) in [5, 5.41) is 0. The molecule has 1 unspecified atom stereocenters. The van der Waals surface area contributed by atoms with Gasteiger partial charge in [-0.1, -0.05) is 39.5 Å². The molecule has 0 radical (unpaired) electrons. The highest BCUT2D eigenvalue weighted by Crippen LogP contribution is 2.37. The topological polar surface area (TPSA) is 3.24 Å². The van der Waals surface area contributed by atoms with Gasteiger partial charge in [0.25, 0.3) is 0 Å². The normalized spacial score (nSPS) is 22.4. The molecule has 0 heterocycles. The molecule has 0 aromatic heterocycles. The van der Waals surface area contributed by atoms with Gasteiger partial charge < -0.3 is 4.90 Å². The number of thiol groups is 1.